The topological polar surface area (TPSA) is 57.5 Å². The molecule has 5 saturated carbocycles. The first-order valence-electron chi connectivity index (χ1n) is 13.8. The Kier molecular flexibility index (Phi) is 5.15. The van der Waals surface area contributed by atoms with Gasteiger partial charge in [-0.1, -0.05) is 46.8 Å². The molecule has 3 heteroatoms. The summed E-state index contributed by atoms with van der Waals surface area (Å²) in [5.41, 5.74) is 1.35. The number of fused-ring (bicyclic) bond motifs is 7. The van der Waals surface area contributed by atoms with Crippen LogP contribution in [-0.4, -0.2) is 22.3 Å². The SMILES string of the molecule is C=C(C)[C@@H]1CC[C@]2(C(=O)O)CC[C@]3(C)C(CCC4[C@@]5(C)CC[C@@H](O)C(C)(C)C5CC[C@]43C)C12. The summed E-state index contributed by atoms with van der Waals surface area (Å²) in [5, 5.41) is 21.4. The van der Waals surface area contributed by atoms with E-state index in [0.29, 0.717) is 23.7 Å². The molecule has 0 spiro atoms. The van der Waals surface area contributed by atoms with Gasteiger partial charge in [0.05, 0.1) is 11.5 Å². The lowest BCUT2D eigenvalue weighted by Gasteiger charge is -2.72. The third-order valence-corrected chi connectivity index (χ3v) is 13.5. The van der Waals surface area contributed by atoms with Crippen LogP contribution < -0.4 is 0 Å². The number of carbonyl (C=O) groups is 1. The molecule has 0 aromatic rings. The summed E-state index contributed by atoms with van der Waals surface area (Å²) in [4.78, 5) is 12.8. The fourth-order valence-electron chi connectivity index (χ4n) is 11.5. The van der Waals surface area contributed by atoms with Gasteiger partial charge in [0.1, 0.15) is 0 Å². The lowest BCUT2D eigenvalue weighted by Crippen LogP contribution is -2.67. The van der Waals surface area contributed by atoms with Crippen LogP contribution in [-0.2, 0) is 4.79 Å². The van der Waals surface area contributed by atoms with E-state index < -0.39 is 11.4 Å². The van der Waals surface area contributed by atoms with Gasteiger partial charge in [-0.15, -0.1) is 0 Å². The fraction of sp³-hybridized carbons (Fsp3) is 0.900. The summed E-state index contributed by atoms with van der Waals surface area (Å²) < 4.78 is 0. The van der Waals surface area contributed by atoms with E-state index in [1.54, 1.807) is 0 Å². The Hall–Kier alpha value is -0.830. The smallest absolute Gasteiger partial charge is 0.309 e. The highest BCUT2D eigenvalue weighted by Crippen LogP contribution is 2.77. The molecule has 0 aliphatic heterocycles. The number of allylic oxidation sites excluding steroid dienone is 1. The van der Waals surface area contributed by atoms with Crippen LogP contribution in [0.1, 0.15) is 106 Å². The van der Waals surface area contributed by atoms with E-state index >= 15 is 0 Å². The lowest BCUT2D eigenvalue weighted by atomic mass is 9.32. The number of hydrogen-bond acceptors (Lipinski definition) is 2. The van der Waals surface area contributed by atoms with Gasteiger partial charge in [0, 0.05) is 0 Å². The first kappa shape index (κ1) is 23.9. The Morgan fingerprint density at radius 1 is 0.818 bits per heavy atom. The normalized spacial score (nSPS) is 55.0. The highest BCUT2D eigenvalue weighted by atomic mass is 16.4. The van der Waals surface area contributed by atoms with Gasteiger partial charge in [-0.05, 0) is 122 Å². The second-order valence-corrected chi connectivity index (χ2v) is 14.5. The summed E-state index contributed by atoms with van der Waals surface area (Å²) in [6.07, 6.45) is 10.5. The van der Waals surface area contributed by atoms with E-state index in [0.717, 1.165) is 38.5 Å². The molecule has 0 aromatic carbocycles. The minimum Gasteiger partial charge on any atom is -0.481 e. The van der Waals surface area contributed by atoms with Crippen molar-refractivity contribution in [1.29, 1.82) is 0 Å². The Balaban J connectivity index is 1.57. The van der Waals surface area contributed by atoms with Crippen LogP contribution in [0.25, 0.3) is 0 Å². The molecule has 0 saturated heterocycles. The molecule has 5 rings (SSSR count). The minimum atomic E-state index is -0.538. The van der Waals surface area contributed by atoms with E-state index in [1.807, 2.05) is 0 Å². The predicted molar refractivity (Wildman–Crippen MR) is 133 cm³/mol. The van der Waals surface area contributed by atoms with Crippen molar-refractivity contribution in [1.82, 2.24) is 0 Å². The van der Waals surface area contributed by atoms with Crippen LogP contribution in [0, 0.1) is 56.7 Å². The molecule has 33 heavy (non-hydrogen) atoms. The Morgan fingerprint density at radius 3 is 2.15 bits per heavy atom. The third-order valence-electron chi connectivity index (χ3n) is 13.5. The summed E-state index contributed by atoms with van der Waals surface area (Å²) in [6.45, 7) is 18.8. The monoisotopic (exact) mass is 456 g/mol. The van der Waals surface area contributed by atoms with Gasteiger partial charge in [-0.25, -0.2) is 0 Å². The molecule has 0 heterocycles. The van der Waals surface area contributed by atoms with E-state index in [4.69, 9.17) is 0 Å². The summed E-state index contributed by atoms with van der Waals surface area (Å²) in [7, 11) is 0. The first-order valence-corrected chi connectivity index (χ1v) is 13.8. The standard InChI is InChI=1S/C30H48O3/c1-18(2)19-10-15-30(25(32)33)17-16-28(6)20(24(19)30)8-9-22-27(5)13-12-23(31)26(3,4)21(27)11-14-29(22,28)7/h19-24,31H,1,8-17H2,2-7H3,(H,32,33)/t19-,20?,21?,22?,23+,24?,27-,28+,29+,30-/m0/s1. The molecule has 186 valence electrons. The summed E-state index contributed by atoms with van der Waals surface area (Å²) >= 11 is 0. The van der Waals surface area contributed by atoms with Gasteiger partial charge in [0.25, 0.3) is 0 Å². The molecule has 4 unspecified atom stereocenters. The summed E-state index contributed by atoms with van der Waals surface area (Å²) in [5.74, 6) is 1.79. The van der Waals surface area contributed by atoms with Crippen LogP contribution in [0.4, 0.5) is 0 Å². The van der Waals surface area contributed by atoms with E-state index in [-0.39, 0.29) is 33.7 Å². The second kappa shape index (κ2) is 7.11. The largest absolute Gasteiger partial charge is 0.481 e. The van der Waals surface area contributed by atoms with Crippen molar-refractivity contribution >= 4 is 5.97 Å². The van der Waals surface area contributed by atoms with Gasteiger partial charge >= 0.3 is 5.97 Å². The molecule has 10 atom stereocenters. The quantitative estimate of drug-likeness (QED) is 0.436. The van der Waals surface area contributed by atoms with Gasteiger partial charge in [0.15, 0.2) is 0 Å². The fourth-order valence-corrected chi connectivity index (χ4v) is 11.5. The van der Waals surface area contributed by atoms with Crippen molar-refractivity contribution in [2.24, 2.45) is 56.7 Å². The van der Waals surface area contributed by atoms with Gasteiger partial charge < -0.3 is 10.2 Å². The summed E-state index contributed by atoms with van der Waals surface area (Å²) in [6, 6.07) is 0. The Bertz CT molecular complexity index is 861. The van der Waals surface area contributed by atoms with Crippen molar-refractivity contribution < 1.29 is 15.0 Å². The van der Waals surface area contributed by atoms with Crippen molar-refractivity contribution in [2.45, 2.75) is 112 Å². The van der Waals surface area contributed by atoms with Crippen molar-refractivity contribution in [2.75, 3.05) is 0 Å². The zero-order valence-corrected chi connectivity index (χ0v) is 22.0. The average molecular weight is 457 g/mol. The number of hydrogen-bond donors (Lipinski definition) is 2. The molecular weight excluding hydrogens is 408 g/mol. The lowest BCUT2D eigenvalue weighted by molar-refractivity contribution is -0.248. The number of carboxylic acids is 1. The molecule has 0 aromatic heterocycles. The third kappa shape index (κ3) is 2.75. The van der Waals surface area contributed by atoms with Gasteiger partial charge in [-0.3, -0.25) is 4.79 Å². The van der Waals surface area contributed by atoms with E-state index in [2.05, 4.69) is 48.1 Å². The van der Waals surface area contributed by atoms with Crippen LogP contribution in [0.5, 0.6) is 0 Å². The average Bonchev–Trinajstić information content (AvgIpc) is 3.13. The van der Waals surface area contributed by atoms with Crippen molar-refractivity contribution in [3.05, 3.63) is 12.2 Å². The molecule has 5 fully saturated rings. The maximum atomic E-state index is 12.8. The zero-order valence-electron chi connectivity index (χ0n) is 22.0. The molecule has 0 radical (unpaired) electrons. The maximum absolute atomic E-state index is 12.8. The minimum absolute atomic E-state index is 0.0202. The number of carboxylic acid groups (broad SMARTS) is 1. The molecule has 0 amide bonds. The van der Waals surface area contributed by atoms with Crippen molar-refractivity contribution in [3.63, 3.8) is 0 Å². The molecule has 5 aliphatic rings. The highest BCUT2D eigenvalue weighted by Gasteiger charge is 2.71. The Morgan fingerprint density at radius 2 is 1.52 bits per heavy atom. The second-order valence-electron chi connectivity index (χ2n) is 14.5. The molecule has 3 nitrogen and oxygen atoms in total. The van der Waals surface area contributed by atoms with Crippen molar-refractivity contribution in [3.8, 4) is 0 Å². The number of rotatable bonds is 2. The maximum Gasteiger partial charge on any atom is 0.309 e. The van der Waals surface area contributed by atoms with Gasteiger partial charge in [-0.2, -0.15) is 0 Å². The molecule has 2 N–H and O–H groups in total. The molecule has 0 bridgehead atoms. The van der Waals surface area contributed by atoms with E-state index in [1.165, 1.54) is 31.3 Å². The number of aliphatic hydroxyl groups is 1. The highest BCUT2D eigenvalue weighted by molar-refractivity contribution is 5.76. The predicted octanol–water partition coefficient (Wildman–Crippen LogP) is 7.09. The Labute approximate surface area is 201 Å². The number of aliphatic hydroxyl groups excluding tert-OH is 1. The van der Waals surface area contributed by atoms with E-state index in [9.17, 15) is 15.0 Å². The van der Waals surface area contributed by atoms with Crippen LogP contribution >= 0.6 is 0 Å². The van der Waals surface area contributed by atoms with Crippen LogP contribution in [0.2, 0.25) is 0 Å². The molecule has 5 aliphatic carbocycles. The zero-order chi connectivity index (χ0) is 24.2. The van der Waals surface area contributed by atoms with Gasteiger partial charge in [0.2, 0.25) is 0 Å². The number of aliphatic carboxylic acids is 1. The van der Waals surface area contributed by atoms with Crippen LogP contribution in [0.15, 0.2) is 12.2 Å². The molecular formula is C30H48O3. The first-order chi connectivity index (χ1) is 15.3. The van der Waals surface area contributed by atoms with Crippen LogP contribution in [0.3, 0.4) is 0 Å².